The molecule has 4 aromatic rings. The lowest BCUT2D eigenvalue weighted by Gasteiger charge is -2.03. The fourth-order valence-corrected chi connectivity index (χ4v) is 2.76. The fraction of sp³-hybridized carbons (Fsp3) is 0. The fourth-order valence-electron chi connectivity index (χ4n) is 2.76. The van der Waals surface area contributed by atoms with Gasteiger partial charge in [-0.3, -0.25) is 40.5 Å². The molecule has 16 heteroatoms. The van der Waals surface area contributed by atoms with Gasteiger partial charge in [-0.2, -0.15) is 0 Å². The van der Waals surface area contributed by atoms with Crippen LogP contribution >= 0.6 is 0 Å². The Bertz CT molecular complexity index is 1250. The molecule has 16 nitrogen and oxygen atoms in total. The van der Waals surface area contributed by atoms with Gasteiger partial charge in [0.05, 0.1) is 66.0 Å². The first-order valence-corrected chi connectivity index (χ1v) is 7.70. The summed E-state index contributed by atoms with van der Waals surface area (Å²) >= 11 is 0. The normalized spacial score (nSPS) is 11.1. The zero-order valence-electron chi connectivity index (χ0n) is 14.2. The van der Waals surface area contributed by atoms with E-state index in [0.717, 1.165) is 24.3 Å². The van der Waals surface area contributed by atoms with E-state index in [1.165, 1.54) is 0 Å². The molecule has 2 heterocycles. The lowest BCUT2D eigenvalue weighted by Crippen LogP contribution is -2.01. The van der Waals surface area contributed by atoms with Crippen LogP contribution in [0.1, 0.15) is 0 Å². The van der Waals surface area contributed by atoms with Crippen molar-refractivity contribution in [1.29, 1.82) is 0 Å². The molecule has 0 fully saturated rings. The first-order chi connectivity index (χ1) is 14.2. The average molecular weight is 412 g/mol. The van der Waals surface area contributed by atoms with Crippen LogP contribution in [0.15, 0.2) is 24.3 Å². The van der Waals surface area contributed by atoms with Crippen molar-refractivity contribution in [2.45, 2.75) is 0 Å². The lowest BCUT2D eigenvalue weighted by molar-refractivity contribution is -0.422. The molecule has 0 saturated carbocycles. The summed E-state index contributed by atoms with van der Waals surface area (Å²) in [5.74, 6) is 0. The van der Waals surface area contributed by atoms with Gasteiger partial charge in [0.25, 0.3) is 0 Å². The summed E-state index contributed by atoms with van der Waals surface area (Å²) in [6.07, 6.45) is 0. The van der Waals surface area contributed by atoms with Crippen LogP contribution in [-0.4, -0.2) is 39.6 Å². The number of rotatable bonds is 4. The molecule has 0 aliphatic heterocycles. The molecule has 0 unspecified atom stereocenters. The molecular formula is C14H4N8O8. The quantitative estimate of drug-likeness (QED) is 0.267. The molecule has 0 saturated heterocycles. The molecule has 2 aromatic heterocycles. The van der Waals surface area contributed by atoms with Crippen LogP contribution in [0.5, 0.6) is 0 Å². The number of nitrogens with zero attached hydrogens (tertiary/aromatic N) is 8. The molecule has 0 atom stereocenters. The van der Waals surface area contributed by atoms with E-state index in [1.807, 2.05) is 0 Å². The molecule has 0 bridgehead atoms. The highest BCUT2D eigenvalue weighted by molar-refractivity contribution is 5.91. The average Bonchev–Trinajstić information content (AvgIpc) is 2.68. The van der Waals surface area contributed by atoms with Crippen molar-refractivity contribution in [3.05, 3.63) is 64.7 Å². The summed E-state index contributed by atoms with van der Waals surface area (Å²) in [6, 6.07) is 3.41. The Morgan fingerprint density at radius 2 is 0.667 bits per heavy atom. The van der Waals surface area contributed by atoms with Gasteiger partial charge in [0.15, 0.2) is 11.3 Å². The number of hydrogen-bond acceptors (Lipinski definition) is 12. The van der Waals surface area contributed by atoms with Crippen LogP contribution in [-0.2, 0) is 0 Å². The highest BCUT2D eigenvalue weighted by Gasteiger charge is 2.28. The predicted molar refractivity (Wildman–Crippen MR) is 96.8 cm³/mol. The van der Waals surface area contributed by atoms with Crippen LogP contribution in [0.3, 0.4) is 0 Å². The Hall–Kier alpha value is -5.02. The molecule has 4 rings (SSSR count). The number of nitro benzene ring substituents is 4. The Kier molecular flexibility index (Phi) is 3.83. The topological polar surface area (TPSA) is 224 Å². The van der Waals surface area contributed by atoms with E-state index in [4.69, 9.17) is 0 Å². The maximum Gasteiger partial charge on any atom is 0.348 e. The number of benzene rings is 2. The van der Waals surface area contributed by atoms with Gasteiger partial charge < -0.3 is 0 Å². The molecule has 0 radical (unpaired) electrons. The van der Waals surface area contributed by atoms with E-state index < -0.39 is 42.4 Å². The Morgan fingerprint density at radius 1 is 0.467 bits per heavy atom. The van der Waals surface area contributed by atoms with E-state index >= 15 is 0 Å². The van der Waals surface area contributed by atoms with E-state index in [9.17, 15) is 40.5 Å². The molecule has 0 amide bonds. The molecule has 0 aliphatic rings. The smallest absolute Gasteiger partial charge is 0.258 e. The monoisotopic (exact) mass is 412 g/mol. The van der Waals surface area contributed by atoms with Gasteiger partial charge in [0.1, 0.15) is 0 Å². The predicted octanol–water partition coefficient (Wildman–Crippen LogP) is 2.36. The SMILES string of the molecule is O=[N+]([O-])c1cc2nc3nc4cc([N+](=O)[O-])c([N+](=O)[O-])cc4nc3nc2cc1[N+](=O)[O-]. The van der Waals surface area contributed by atoms with Crippen molar-refractivity contribution >= 4 is 56.1 Å². The van der Waals surface area contributed by atoms with Gasteiger partial charge in [-0.05, 0) is 0 Å². The summed E-state index contributed by atoms with van der Waals surface area (Å²) < 4.78 is 0. The summed E-state index contributed by atoms with van der Waals surface area (Å²) in [5.41, 5.74) is -3.92. The van der Waals surface area contributed by atoms with Gasteiger partial charge in [0.2, 0.25) is 0 Å². The molecule has 0 aliphatic carbocycles. The summed E-state index contributed by atoms with van der Waals surface area (Å²) in [6.45, 7) is 0. The van der Waals surface area contributed by atoms with Crippen molar-refractivity contribution < 1.29 is 19.7 Å². The zero-order valence-corrected chi connectivity index (χ0v) is 14.2. The van der Waals surface area contributed by atoms with E-state index in [-0.39, 0.29) is 33.4 Å². The molecule has 30 heavy (non-hydrogen) atoms. The highest BCUT2D eigenvalue weighted by Crippen LogP contribution is 2.33. The maximum atomic E-state index is 11.1. The Morgan fingerprint density at radius 3 is 0.833 bits per heavy atom. The molecule has 0 spiro atoms. The second-order valence-corrected chi connectivity index (χ2v) is 5.78. The van der Waals surface area contributed by atoms with Crippen LogP contribution in [0, 0.1) is 40.5 Å². The van der Waals surface area contributed by atoms with Gasteiger partial charge >= 0.3 is 22.7 Å². The van der Waals surface area contributed by atoms with Crippen molar-refractivity contribution in [2.75, 3.05) is 0 Å². The van der Waals surface area contributed by atoms with Crippen molar-refractivity contribution in [3.8, 4) is 0 Å². The highest BCUT2D eigenvalue weighted by atomic mass is 16.6. The molecular weight excluding hydrogens is 408 g/mol. The third-order valence-corrected chi connectivity index (χ3v) is 4.04. The standard InChI is InChI=1S/C14H4N8O8/c23-19(24)9-1-5-6(2-10(9)20(25)26)16-14-13(15-5)17-7-3-11(21(27)28)12(22(29)30)4-8(7)18-14/h1-4H. The molecule has 148 valence electrons. The summed E-state index contributed by atoms with van der Waals surface area (Å²) in [5, 5.41) is 44.4. The minimum absolute atomic E-state index is 0.0927. The molecule has 2 aromatic carbocycles. The Balaban J connectivity index is 2.06. The van der Waals surface area contributed by atoms with Crippen LogP contribution in [0.4, 0.5) is 22.7 Å². The van der Waals surface area contributed by atoms with Gasteiger partial charge in [-0.25, -0.2) is 19.9 Å². The van der Waals surface area contributed by atoms with Crippen LogP contribution in [0.25, 0.3) is 33.4 Å². The van der Waals surface area contributed by atoms with Crippen molar-refractivity contribution in [2.24, 2.45) is 0 Å². The second kappa shape index (κ2) is 6.26. The first kappa shape index (κ1) is 18.3. The zero-order chi connectivity index (χ0) is 21.7. The van der Waals surface area contributed by atoms with E-state index in [0.29, 0.717) is 0 Å². The van der Waals surface area contributed by atoms with Gasteiger partial charge in [0, 0.05) is 0 Å². The number of hydrogen-bond donors (Lipinski definition) is 0. The minimum atomic E-state index is -0.946. The van der Waals surface area contributed by atoms with Gasteiger partial charge in [-0.15, -0.1) is 0 Å². The molecule has 0 N–H and O–H groups in total. The Labute approximate surface area is 161 Å². The van der Waals surface area contributed by atoms with Crippen LogP contribution < -0.4 is 0 Å². The van der Waals surface area contributed by atoms with Crippen molar-refractivity contribution in [1.82, 2.24) is 19.9 Å². The first-order valence-electron chi connectivity index (χ1n) is 7.70. The van der Waals surface area contributed by atoms with E-state index in [2.05, 4.69) is 19.9 Å². The van der Waals surface area contributed by atoms with Crippen molar-refractivity contribution in [3.63, 3.8) is 0 Å². The van der Waals surface area contributed by atoms with E-state index in [1.54, 1.807) is 0 Å². The largest absolute Gasteiger partial charge is 0.348 e. The lowest BCUT2D eigenvalue weighted by atomic mass is 10.2. The number of fused-ring (bicyclic) bond motifs is 3. The number of aromatic nitrogens is 4. The minimum Gasteiger partial charge on any atom is -0.258 e. The van der Waals surface area contributed by atoms with Gasteiger partial charge in [-0.1, -0.05) is 0 Å². The summed E-state index contributed by atoms with van der Waals surface area (Å²) in [4.78, 5) is 56.8. The second-order valence-electron chi connectivity index (χ2n) is 5.78. The third kappa shape index (κ3) is 2.80. The third-order valence-electron chi connectivity index (χ3n) is 4.04. The maximum absolute atomic E-state index is 11.1. The number of nitro groups is 4. The van der Waals surface area contributed by atoms with Crippen LogP contribution in [0.2, 0.25) is 0 Å². The summed E-state index contributed by atoms with van der Waals surface area (Å²) in [7, 11) is 0.